The smallest absolute Gasteiger partial charge is 0.328 e. The lowest BCUT2D eigenvalue weighted by Crippen LogP contribution is -2.41. The van der Waals surface area contributed by atoms with Gasteiger partial charge in [0.05, 0.1) is 12.2 Å². The molecule has 1 aliphatic rings. The Morgan fingerprint density at radius 3 is 2.43 bits per heavy atom. The summed E-state index contributed by atoms with van der Waals surface area (Å²) in [6.07, 6.45) is 10.4. The minimum Gasteiger partial charge on any atom is -0.464 e. The van der Waals surface area contributed by atoms with Gasteiger partial charge in [-0.25, -0.2) is 13.6 Å². The number of hydrogen-bond donors (Lipinski definition) is 0. The largest absolute Gasteiger partial charge is 0.464 e. The van der Waals surface area contributed by atoms with E-state index in [4.69, 9.17) is 4.74 Å². The molecule has 156 valence electrons. The van der Waals surface area contributed by atoms with Crippen molar-refractivity contribution in [2.45, 2.75) is 77.2 Å². The summed E-state index contributed by atoms with van der Waals surface area (Å²) in [5.41, 5.74) is -0.218. The molecule has 0 saturated carbocycles. The van der Waals surface area contributed by atoms with Gasteiger partial charge < -0.3 is 9.64 Å². The van der Waals surface area contributed by atoms with E-state index in [9.17, 15) is 18.4 Å². The summed E-state index contributed by atoms with van der Waals surface area (Å²) >= 11 is 0. The SMILES string of the molecule is CCCCCCCCCCOC(=O)C1CCCN1C(=O)c1ccc(F)cc1F. The molecule has 1 unspecified atom stereocenters. The highest BCUT2D eigenvalue weighted by Gasteiger charge is 2.36. The van der Waals surface area contributed by atoms with Crippen molar-refractivity contribution in [1.82, 2.24) is 4.90 Å². The third kappa shape index (κ3) is 6.57. The number of esters is 1. The van der Waals surface area contributed by atoms with Crippen molar-refractivity contribution < 1.29 is 23.1 Å². The van der Waals surface area contributed by atoms with Crippen molar-refractivity contribution in [2.24, 2.45) is 0 Å². The van der Waals surface area contributed by atoms with Gasteiger partial charge in [0.2, 0.25) is 0 Å². The van der Waals surface area contributed by atoms with Crippen LogP contribution in [0, 0.1) is 11.6 Å². The van der Waals surface area contributed by atoms with Crippen LogP contribution < -0.4 is 0 Å². The van der Waals surface area contributed by atoms with E-state index in [2.05, 4.69) is 6.92 Å². The predicted molar refractivity (Wildman–Crippen MR) is 104 cm³/mol. The highest BCUT2D eigenvalue weighted by Crippen LogP contribution is 2.23. The van der Waals surface area contributed by atoms with Gasteiger partial charge in [-0.3, -0.25) is 4.79 Å². The van der Waals surface area contributed by atoms with Crippen LogP contribution in [0.4, 0.5) is 8.78 Å². The molecule has 6 heteroatoms. The van der Waals surface area contributed by atoms with Crippen molar-refractivity contribution in [3.63, 3.8) is 0 Å². The predicted octanol–water partition coefficient (Wildman–Crippen LogP) is 5.25. The van der Waals surface area contributed by atoms with Crippen LogP contribution >= 0.6 is 0 Å². The number of nitrogens with zero attached hydrogens (tertiary/aromatic N) is 1. The van der Waals surface area contributed by atoms with Crippen LogP contribution in [0.25, 0.3) is 0 Å². The van der Waals surface area contributed by atoms with Crippen LogP contribution in [0.15, 0.2) is 18.2 Å². The van der Waals surface area contributed by atoms with Gasteiger partial charge in [0.15, 0.2) is 0 Å². The lowest BCUT2D eigenvalue weighted by atomic mass is 10.1. The second-order valence-electron chi connectivity index (χ2n) is 7.42. The average molecular weight is 395 g/mol. The first-order chi connectivity index (χ1) is 13.5. The molecule has 1 aliphatic heterocycles. The molecule has 4 nitrogen and oxygen atoms in total. The zero-order chi connectivity index (χ0) is 20.4. The van der Waals surface area contributed by atoms with E-state index in [0.717, 1.165) is 31.4 Å². The monoisotopic (exact) mass is 395 g/mol. The van der Waals surface area contributed by atoms with Crippen molar-refractivity contribution in [2.75, 3.05) is 13.2 Å². The van der Waals surface area contributed by atoms with Gasteiger partial charge >= 0.3 is 5.97 Å². The number of ether oxygens (including phenoxy) is 1. The molecule has 0 radical (unpaired) electrons. The highest BCUT2D eigenvalue weighted by molar-refractivity contribution is 5.97. The molecule has 0 N–H and O–H groups in total. The Kier molecular flexibility index (Phi) is 9.38. The molecular weight excluding hydrogens is 364 g/mol. The third-order valence-corrected chi connectivity index (χ3v) is 5.19. The topological polar surface area (TPSA) is 46.6 Å². The highest BCUT2D eigenvalue weighted by atomic mass is 19.1. The number of amides is 1. The maximum Gasteiger partial charge on any atom is 0.328 e. The summed E-state index contributed by atoms with van der Waals surface area (Å²) in [5.74, 6) is -2.68. The molecule has 1 fully saturated rings. The fourth-order valence-corrected chi connectivity index (χ4v) is 3.58. The van der Waals surface area contributed by atoms with E-state index >= 15 is 0 Å². The van der Waals surface area contributed by atoms with E-state index in [0.29, 0.717) is 32.1 Å². The molecule has 1 aromatic rings. The normalized spacial score (nSPS) is 16.4. The van der Waals surface area contributed by atoms with E-state index in [-0.39, 0.29) is 5.56 Å². The first-order valence-corrected chi connectivity index (χ1v) is 10.5. The molecule has 1 saturated heterocycles. The summed E-state index contributed by atoms with van der Waals surface area (Å²) in [6.45, 7) is 2.91. The van der Waals surface area contributed by atoms with Crippen LogP contribution in [0.3, 0.4) is 0 Å². The maximum absolute atomic E-state index is 13.9. The molecular formula is C22H31F2NO3. The third-order valence-electron chi connectivity index (χ3n) is 5.19. The van der Waals surface area contributed by atoms with Crippen LogP contribution in [-0.4, -0.2) is 36.0 Å². The van der Waals surface area contributed by atoms with Crippen molar-refractivity contribution in [3.8, 4) is 0 Å². The summed E-state index contributed by atoms with van der Waals surface area (Å²) in [5, 5.41) is 0. The van der Waals surface area contributed by atoms with E-state index in [1.54, 1.807) is 0 Å². The number of likely N-dealkylation sites (tertiary alicyclic amines) is 1. The van der Waals surface area contributed by atoms with Gasteiger partial charge in [0.25, 0.3) is 5.91 Å². The molecule has 0 bridgehead atoms. The van der Waals surface area contributed by atoms with Gasteiger partial charge in [0, 0.05) is 12.6 Å². The number of rotatable bonds is 11. The Balaban J connectivity index is 1.74. The number of hydrogen-bond acceptors (Lipinski definition) is 3. The van der Waals surface area contributed by atoms with E-state index < -0.39 is 29.6 Å². The molecule has 0 aliphatic carbocycles. The first kappa shape index (κ1) is 22.3. The minimum atomic E-state index is -0.914. The van der Waals surface area contributed by atoms with E-state index in [1.807, 2.05) is 0 Å². The van der Waals surface area contributed by atoms with Crippen LogP contribution in [-0.2, 0) is 9.53 Å². The first-order valence-electron chi connectivity index (χ1n) is 10.5. The van der Waals surface area contributed by atoms with Gasteiger partial charge in [-0.2, -0.15) is 0 Å². The van der Waals surface area contributed by atoms with Gasteiger partial charge in [-0.15, -0.1) is 0 Å². The van der Waals surface area contributed by atoms with Crippen LogP contribution in [0.1, 0.15) is 81.5 Å². The second kappa shape index (κ2) is 11.8. The Bertz CT molecular complexity index is 651. The molecule has 28 heavy (non-hydrogen) atoms. The standard InChI is InChI=1S/C22H31F2NO3/c1-2-3-4-5-6-7-8-9-15-28-22(27)20-11-10-14-25(20)21(26)18-13-12-17(23)16-19(18)24/h12-13,16,20H,2-11,14-15H2,1H3. The number of carbonyl (C=O) groups excluding carboxylic acids is 2. The summed E-state index contributed by atoms with van der Waals surface area (Å²) in [4.78, 5) is 26.3. The van der Waals surface area contributed by atoms with Gasteiger partial charge in [-0.1, -0.05) is 51.9 Å². The number of carbonyl (C=O) groups is 2. The summed E-state index contributed by atoms with van der Waals surface area (Å²) in [7, 11) is 0. The average Bonchev–Trinajstić information content (AvgIpc) is 3.16. The molecule has 2 rings (SSSR count). The lowest BCUT2D eigenvalue weighted by Gasteiger charge is -2.23. The van der Waals surface area contributed by atoms with Gasteiger partial charge in [0.1, 0.15) is 17.7 Å². The zero-order valence-corrected chi connectivity index (χ0v) is 16.7. The van der Waals surface area contributed by atoms with Gasteiger partial charge in [-0.05, 0) is 31.4 Å². The van der Waals surface area contributed by atoms with Crippen LogP contribution in [0.5, 0.6) is 0 Å². The van der Waals surface area contributed by atoms with E-state index in [1.165, 1.54) is 37.0 Å². The Labute approximate surface area is 166 Å². The fourth-order valence-electron chi connectivity index (χ4n) is 3.58. The molecule has 1 heterocycles. The lowest BCUT2D eigenvalue weighted by molar-refractivity contribution is -0.148. The fraction of sp³-hybridized carbons (Fsp3) is 0.636. The number of unbranched alkanes of at least 4 members (excludes halogenated alkanes) is 7. The second-order valence-corrected chi connectivity index (χ2v) is 7.42. The maximum atomic E-state index is 13.9. The molecule has 1 aromatic carbocycles. The number of benzene rings is 1. The molecule has 0 spiro atoms. The quantitative estimate of drug-likeness (QED) is 0.380. The zero-order valence-electron chi connectivity index (χ0n) is 16.7. The molecule has 1 amide bonds. The minimum absolute atomic E-state index is 0.218. The number of halogens is 2. The molecule has 1 atom stereocenters. The Morgan fingerprint density at radius 2 is 1.75 bits per heavy atom. The Morgan fingerprint density at radius 1 is 1.07 bits per heavy atom. The molecule has 0 aromatic heterocycles. The summed E-state index contributed by atoms with van der Waals surface area (Å²) < 4.78 is 32.3. The van der Waals surface area contributed by atoms with Crippen LogP contribution in [0.2, 0.25) is 0 Å². The Hall–Kier alpha value is -1.98. The summed E-state index contributed by atoms with van der Waals surface area (Å²) in [6, 6.07) is 2.15. The van der Waals surface area contributed by atoms with Crippen molar-refractivity contribution >= 4 is 11.9 Å². The van der Waals surface area contributed by atoms with Crippen molar-refractivity contribution in [1.29, 1.82) is 0 Å². The van der Waals surface area contributed by atoms with Crippen molar-refractivity contribution in [3.05, 3.63) is 35.4 Å².